The lowest BCUT2D eigenvalue weighted by Gasteiger charge is -2.25. The van der Waals surface area contributed by atoms with Gasteiger partial charge in [0.1, 0.15) is 5.75 Å². The van der Waals surface area contributed by atoms with E-state index < -0.39 is 10.0 Å². The Kier molecular flexibility index (Phi) is 5.08. The number of rotatable bonds is 6. The summed E-state index contributed by atoms with van der Waals surface area (Å²) >= 11 is 0. The number of amides is 1. The Morgan fingerprint density at radius 1 is 1.36 bits per heavy atom. The summed E-state index contributed by atoms with van der Waals surface area (Å²) in [5.41, 5.74) is 0.994. The molecule has 7 heteroatoms. The molecule has 0 bridgehead atoms. The second-order valence-corrected chi connectivity index (χ2v) is 7.28. The van der Waals surface area contributed by atoms with Crippen LogP contribution in [0.5, 0.6) is 5.75 Å². The predicted octanol–water partition coefficient (Wildman–Crippen LogP) is 1.28. The van der Waals surface area contributed by atoms with Crippen molar-refractivity contribution in [1.82, 2.24) is 4.90 Å². The number of sulfonamides is 1. The van der Waals surface area contributed by atoms with Crippen LogP contribution in [0.25, 0.3) is 0 Å². The number of nitrogens with zero attached hydrogens (tertiary/aromatic N) is 1. The summed E-state index contributed by atoms with van der Waals surface area (Å²) in [7, 11) is -3.55. The smallest absolute Gasteiger partial charge is 0.223 e. The topological polar surface area (TPSA) is 89.7 Å². The molecule has 1 aliphatic heterocycles. The zero-order chi connectivity index (χ0) is 16.3. The van der Waals surface area contributed by atoms with Gasteiger partial charge in [-0.3, -0.25) is 4.79 Å². The third-order valence-corrected chi connectivity index (χ3v) is 4.78. The van der Waals surface area contributed by atoms with Gasteiger partial charge in [0.25, 0.3) is 0 Å². The summed E-state index contributed by atoms with van der Waals surface area (Å²) in [6.07, 6.45) is 0.234. The maximum absolute atomic E-state index is 12.1. The summed E-state index contributed by atoms with van der Waals surface area (Å²) in [5.74, 6) is 0.381. The number of primary sulfonamides is 1. The highest BCUT2D eigenvalue weighted by molar-refractivity contribution is 7.89. The number of hydrogen-bond donors (Lipinski definition) is 1. The van der Waals surface area contributed by atoms with Crippen LogP contribution in [0, 0.1) is 5.92 Å². The van der Waals surface area contributed by atoms with E-state index in [-0.39, 0.29) is 30.0 Å². The molecule has 1 saturated heterocycles. The molecule has 2 rings (SSSR count). The van der Waals surface area contributed by atoms with Crippen molar-refractivity contribution >= 4 is 15.9 Å². The Morgan fingerprint density at radius 3 is 2.55 bits per heavy atom. The van der Waals surface area contributed by atoms with Crippen molar-refractivity contribution in [3.8, 4) is 5.75 Å². The molecule has 1 aromatic rings. The van der Waals surface area contributed by atoms with E-state index in [0.29, 0.717) is 13.2 Å². The van der Waals surface area contributed by atoms with Crippen molar-refractivity contribution in [2.24, 2.45) is 11.1 Å². The van der Waals surface area contributed by atoms with Gasteiger partial charge in [-0.2, -0.15) is 0 Å². The third kappa shape index (κ3) is 4.20. The molecule has 1 aliphatic rings. The van der Waals surface area contributed by atoms with Crippen LogP contribution in [0.2, 0.25) is 0 Å². The lowest BCUT2D eigenvalue weighted by Crippen LogP contribution is -2.30. The number of carbonyl (C=O) groups excluding carboxylic acids is 1. The minimum Gasteiger partial charge on any atom is -0.494 e. The van der Waals surface area contributed by atoms with Crippen molar-refractivity contribution in [1.29, 1.82) is 0 Å². The van der Waals surface area contributed by atoms with Crippen molar-refractivity contribution in [2.45, 2.75) is 26.3 Å². The summed E-state index contributed by atoms with van der Waals surface area (Å²) in [6, 6.07) is 7.50. The first-order valence-electron chi connectivity index (χ1n) is 7.33. The number of nitrogens with two attached hydrogens (primary N) is 1. The number of ether oxygens (including phenoxy) is 1. The van der Waals surface area contributed by atoms with Crippen LogP contribution in [0.15, 0.2) is 24.3 Å². The number of benzene rings is 1. The van der Waals surface area contributed by atoms with Gasteiger partial charge >= 0.3 is 0 Å². The third-order valence-electron chi connectivity index (χ3n) is 3.85. The second-order valence-electron chi connectivity index (χ2n) is 5.62. The van der Waals surface area contributed by atoms with Crippen molar-refractivity contribution < 1.29 is 17.9 Å². The molecule has 1 heterocycles. The number of hydrogen-bond acceptors (Lipinski definition) is 4. The first-order chi connectivity index (χ1) is 10.3. The van der Waals surface area contributed by atoms with Crippen LogP contribution in [0.3, 0.4) is 0 Å². The Morgan fingerprint density at radius 2 is 2.00 bits per heavy atom. The van der Waals surface area contributed by atoms with E-state index in [1.807, 2.05) is 38.1 Å². The van der Waals surface area contributed by atoms with Crippen LogP contribution in [-0.4, -0.2) is 38.1 Å². The highest BCUT2D eigenvalue weighted by atomic mass is 32.2. The van der Waals surface area contributed by atoms with Gasteiger partial charge in [-0.1, -0.05) is 12.1 Å². The van der Waals surface area contributed by atoms with E-state index in [4.69, 9.17) is 9.88 Å². The van der Waals surface area contributed by atoms with E-state index in [9.17, 15) is 13.2 Å². The van der Waals surface area contributed by atoms with E-state index in [0.717, 1.165) is 11.3 Å². The standard InChI is InChI=1S/C15H22N2O4S/c1-3-21-14-6-4-13(5-7-14)11(2)17-9-12(8-15(17)18)10-22(16,19)20/h4-7,11-12H,3,8-10H2,1-2H3,(H2,16,19,20). The van der Waals surface area contributed by atoms with Crippen LogP contribution in [0.1, 0.15) is 31.9 Å². The molecular formula is C15H22N2O4S. The van der Waals surface area contributed by atoms with Crippen molar-refractivity contribution in [2.75, 3.05) is 18.9 Å². The van der Waals surface area contributed by atoms with Crippen LogP contribution in [0.4, 0.5) is 0 Å². The van der Waals surface area contributed by atoms with Gasteiger partial charge in [-0.05, 0) is 31.5 Å². The Bertz CT molecular complexity index is 627. The minimum absolute atomic E-state index is 0.0324. The van der Waals surface area contributed by atoms with Crippen molar-refractivity contribution in [3.05, 3.63) is 29.8 Å². The first-order valence-corrected chi connectivity index (χ1v) is 9.04. The minimum atomic E-state index is -3.55. The van der Waals surface area contributed by atoms with Crippen molar-refractivity contribution in [3.63, 3.8) is 0 Å². The molecule has 0 aromatic heterocycles. The molecule has 6 nitrogen and oxygen atoms in total. The number of carbonyl (C=O) groups is 1. The molecule has 0 spiro atoms. The molecule has 122 valence electrons. The summed E-state index contributed by atoms with van der Waals surface area (Å²) in [6.45, 7) is 4.89. The normalized spacial score (nSPS) is 20.2. The van der Waals surface area contributed by atoms with E-state index in [2.05, 4.69) is 0 Å². The largest absolute Gasteiger partial charge is 0.494 e. The van der Waals surface area contributed by atoms with Crippen LogP contribution < -0.4 is 9.88 Å². The lowest BCUT2D eigenvalue weighted by molar-refractivity contribution is -0.129. The monoisotopic (exact) mass is 326 g/mol. The molecule has 1 amide bonds. The highest BCUT2D eigenvalue weighted by Crippen LogP contribution is 2.29. The molecule has 2 atom stereocenters. The lowest BCUT2D eigenvalue weighted by atomic mass is 10.1. The molecule has 2 unspecified atom stereocenters. The zero-order valence-corrected chi connectivity index (χ0v) is 13.7. The van der Waals surface area contributed by atoms with Gasteiger partial charge in [-0.15, -0.1) is 0 Å². The molecule has 2 N–H and O–H groups in total. The van der Waals surface area contributed by atoms with E-state index in [1.165, 1.54) is 0 Å². The van der Waals surface area contributed by atoms with E-state index in [1.54, 1.807) is 4.90 Å². The quantitative estimate of drug-likeness (QED) is 0.853. The fourth-order valence-corrected chi connectivity index (χ4v) is 3.69. The van der Waals surface area contributed by atoms with Gasteiger partial charge in [-0.25, -0.2) is 13.6 Å². The van der Waals surface area contributed by atoms with Gasteiger partial charge in [0.2, 0.25) is 15.9 Å². The maximum Gasteiger partial charge on any atom is 0.223 e. The van der Waals surface area contributed by atoms with Gasteiger partial charge in [0, 0.05) is 18.9 Å². The van der Waals surface area contributed by atoms with Crippen LogP contribution in [-0.2, 0) is 14.8 Å². The SMILES string of the molecule is CCOc1ccc(C(C)N2CC(CS(N)(=O)=O)CC2=O)cc1. The van der Waals surface area contributed by atoms with Gasteiger partial charge < -0.3 is 9.64 Å². The maximum atomic E-state index is 12.1. The Labute approximate surface area is 131 Å². The van der Waals surface area contributed by atoms with Gasteiger partial charge in [0.05, 0.1) is 18.4 Å². The Balaban J connectivity index is 2.05. The molecule has 0 radical (unpaired) electrons. The highest BCUT2D eigenvalue weighted by Gasteiger charge is 2.34. The molecular weight excluding hydrogens is 304 g/mol. The van der Waals surface area contributed by atoms with E-state index >= 15 is 0 Å². The fourth-order valence-electron chi connectivity index (χ4n) is 2.81. The first kappa shape index (κ1) is 16.8. The molecule has 0 aliphatic carbocycles. The average Bonchev–Trinajstić information content (AvgIpc) is 2.77. The fraction of sp³-hybridized carbons (Fsp3) is 0.533. The number of likely N-dealkylation sites (tertiary alicyclic amines) is 1. The predicted molar refractivity (Wildman–Crippen MR) is 83.8 cm³/mol. The molecule has 1 aromatic carbocycles. The summed E-state index contributed by atoms with van der Waals surface area (Å²) in [5, 5.41) is 5.07. The second kappa shape index (κ2) is 6.66. The Hall–Kier alpha value is -1.60. The van der Waals surface area contributed by atoms with Crippen LogP contribution >= 0.6 is 0 Å². The molecule has 0 saturated carbocycles. The average molecular weight is 326 g/mol. The molecule has 22 heavy (non-hydrogen) atoms. The summed E-state index contributed by atoms with van der Waals surface area (Å²) < 4.78 is 27.7. The zero-order valence-electron chi connectivity index (χ0n) is 12.9. The molecule has 1 fully saturated rings. The van der Waals surface area contributed by atoms with Gasteiger partial charge in [0.15, 0.2) is 0 Å². The summed E-state index contributed by atoms with van der Waals surface area (Å²) in [4.78, 5) is 13.8.